The largest absolute Gasteiger partial charge is 0.490 e. The molecule has 0 aliphatic rings. The Hall–Kier alpha value is -4.54. The molecule has 282 valence electrons. The Morgan fingerprint density at radius 3 is 2.04 bits per heavy atom. The summed E-state index contributed by atoms with van der Waals surface area (Å²) in [5.74, 6) is -0.582. The number of hydrogen-bond donors (Lipinski definition) is 3. The van der Waals surface area contributed by atoms with E-state index in [0.29, 0.717) is 44.3 Å². The smallest absolute Gasteiger partial charge is 0.323 e. The van der Waals surface area contributed by atoms with E-state index in [4.69, 9.17) is 47.4 Å². The summed E-state index contributed by atoms with van der Waals surface area (Å²) in [6.45, 7) is 6.67. The van der Waals surface area contributed by atoms with Crippen LogP contribution in [0.4, 0.5) is 5.82 Å². The summed E-state index contributed by atoms with van der Waals surface area (Å²) in [5, 5.41) is 21.1. The summed E-state index contributed by atoms with van der Waals surface area (Å²) in [6.07, 6.45) is 0.539. The zero-order valence-electron chi connectivity index (χ0n) is 29.3. The summed E-state index contributed by atoms with van der Waals surface area (Å²) in [7, 11) is 0. The topological polar surface area (TPSA) is 226 Å². The van der Waals surface area contributed by atoms with Gasteiger partial charge in [-0.3, -0.25) is 9.59 Å². The Bertz CT molecular complexity index is 1930. The second kappa shape index (κ2) is 20.6. The maximum atomic E-state index is 12.6. The lowest BCUT2D eigenvalue weighted by molar-refractivity contribution is -0.163. The number of benzene rings is 2. The molecule has 4 aromatic rings. The number of halogens is 3. The van der Waals surface area contributed by atoms with Crippen LogP contribution >= 0.6 is 48.2 Å². The summed E-state index contributed by atoms with van der Waals surface area (Å²) in [5.41, 5.74) is 20.5. The molecule has 0 saturated heterocycles. The average molecular weight is 805 g/mol. The van der Waals surface area contributed by atoms with Crippen molar-refractivity contribution in [2.75, 3.05) is 18.9 Å². The van der Waals surface area contributed by atoms with Crippen molar-refractivity contribution in [3.63, 3.8) is 0 Å². The Balaban J connectivity index is 0.00000486. The number of nitrogens with two attached hydrogens (primary N) is 3. The number of oxazole rings is 1. The molecule has 0 aliphatic heterocycles. The van der Waals surface area contributed by atoms with Crippen molar-refractivity contribution in [1.29, 1.82) is 10.5 Å². The number of pyridine rings is 1. The van der Waals surface area contributed by atoms with Crippen LogP contribution in [0.2, 0.25) is 5.02 Å². The lowest BCUT2D eigenvalue weighted by Gasteiger charge is -2.23. The van der Waals surface area contributed by atoms with E-state index in [1.807, 2.05) is 0 Å². The number of ether oxygens (including phenoxy) is 3. The molecule has 4 rings (SSSR count). The number of nitrogens with zero attached hydrogens (tertiary/aromatic N) is 4. The highest BCUT2D eigenvalue weighted by molar-refractivity contribution is 7.98. The van der Waals surface area contributed by atoms with Crippen molar-refractivity contribution in [3.05, 3.63) is 76.6 Å². The average Bonchev–Trinajstić information content (AvgIpc) is 3.60. The van der Waals surface area contributed by atoms with Crippen molar-refractivity contribution >= 4 is 65.9 Å². The van der Waals surface area contributed by atoms with Crippen LogP contribution < -0.4 is 21.9 Å². The number of nitriles is 2. The van der Waals surface area contributed by atoms with E-state index < -0.39 is 30.1 Å². The number of esters is 2. The standard InChI is InChI=1S/C36H38ClN7O6S.2ClH/c1-19(2)30(40)35(45)49-17-26(50-36(46)31(41)20(3)4)16-47-25-11-7-21(8-12-25)29-27(13-38)32(42)44-34(28(29)14-39)51-18-24-15-48-33(43-24)22-5-9-23(37)10-6-22;;/h5-12,15,19-20,26,30-31H,16-18,40-41H2,1-4H3,(H2,42,44);2*1H/t26-,30-,31?;;/m0../s1. The second-order valence-corrected chi connectivity index (χ2v) is 13.6. The van der Waals surface area contributed by atoms with Crippen LogP contribution in [0.15, 0.2) is 64.2 Å². The number of nitrogen functional groups attached to an aromatic ring is 1. The number of hydrogen-bond acceptors (Lipinski definition) is 14. The maximum absolute atomic E-state index is 12.6. The molecule has 2 aromatic carbocycles. The quantitative estimate of drug-likeness (QED) is 0.0883. The minimum atomic E-state index is -0.979. The normalized spacial score (nSPS) is 12.4. The van der Waals surface area contributed by atoms with Gasteiger partial charge in [-0.1, -0.05) is 63.2 Å². The van der Waals surface area contributed by atoms with Crippen LogP contribution in [0.3, 0.4) is 0 Å². The number of carbonyl (C=O) groups excluding carboxylic acids is 2. The molecule has 1 unspecified atom stereocenters. The lowest BCUT2D eigenvalue weighted by atomic mass is 9.97. The Kier molecular flexibility index (Phi) is 17.4. The first-order chi connectivity index (χ1) is 24.3. The molecule has 2 aromatic heterocycles. The third kappa shape index (κ3) is 11.7. The molecule has 0 bridgehead atoms. The van der Waals surface area contributed by atoms with Gasteiger partial charge in [0.15, 0.2) is 6.10 Å². The zero-order valence-corrected chi connectivity index (χ0v) is 32.5. The van der Waals surface area contributed by atoms with Gasteiger partial charge in [0.2, 0.25) is 5.89 Å². The molecule has 0 aliphatic carbocycles. The van der Waals surface area contributed by atoms with Gasteiger partial charge in [0.1, 0.15) is 65.9 Å². The third-order valence-electron chi connectivity index (χ3n) is 7.67. The fourth-order valence-corrected chi connectivity index (χ4v) is 5.51. The van der Waals surface area contributed by atoms with E-state index in [-0.39, 0.29) is 66.8 Å². The number of aromatic nitrogens is 2. The fraction of sp³-hybridized carbons (Fsp3) is 0.333. The van der Waals surface area contributed by atoms with Gasteiger partial charge in [-0.15, -0.1) is 24.8 Å². The molecular formula is C36H40Cl3N7O6S. The Labute approximate surface area is 329 Å². The lowest BCUT2D eigenvalue weighted by Crippen LogP contribution is -2.43. The minimum absolute atomic E-state index is 0. The molecule has 2 heterocycles. The third-order valence-corrected chi connectivity index (χ3v) is 8.93. The monoisotopic (exact) mass is 803 g/mol. The predicted octanol–water partition coefficient (Wildman–Crippen LogP) is 6.32. The molecule has 0 amide bonds. The molecule has 0 spiro atoms. The molecule has 0 saturated carbocycles. The molecule has 0 fully saturated rings. The molecule has 13 nitrogen and oxygen atoms in total. The first-order valence-corrected chi connectivity index (χ1v) is 17.3. The molecule has 53 heavy (non-hydrogen) atoms. The molecule has 17 heteroatoms. The number of carbonyl (C=O) groups is 2. The number of rotatable bonds is 15. The van der Waals surface area contributed by atoms with Gasteiger partial charge in [-0.05, 0) is 53.8 Å². The second-order valence-electron chi connectivity index (χ2n) is 12.2. The molecular weight excluding hydrogens is 765 g/mol. The van der Waals surface area contributed by atoms with Gasteiger partial charge in [-0.25, -0.2) is 9.97 Å². The molecule has 3 atom stereocenters. The zero-order chi connectivity index (χ0) is 37.2. The van der Waals surface area contributed by atoms with Crippen LogP contribution in [-0.4, -0.2) is 53.3 Å². The van der Waals surface area contributed by atoms with E-state index in [2.05, 4.69) is 22.1 Å². The van der Waals surface area contributed by atoms with Crippen molar-refractivity contribution in [3.8, 4) is 40.5 Å². The van der Waals surface area contributed by atoms with Gasteiger partial charge in [0.05, 0.1) is 11.3 Å². The van der Waals surface area contributed by atoms with Crippen LogP contribution in [0, 0.1) is 34.5 Å². The predicted molar refractivity (Wildman–Crippen MR) is 206 cm³/mol. The van der Waals surface area contributed by atoms with Gasteiger partial charge < -0.3 is 35.8 Å². The molecule has 0 radical (unpaired) electrons. The highest BCUT2D eigenvalue weighted by Gasteiger charge is 2.27. The SMILES string of the molecule is CC(C)C(N)C(=O)O[C@H](COC(=O)[C@@H](N)C(C)C)COc1ccc(-c2c(C#N)c(N)nc(SCc3coc(-c4ccc(Cl)cc4)n3)c2C#N)cc1.Cl.Cl. The van der Waals surface area contributed by atoms with Crippen LogP contribution in [-0.2, 0) is 24.8 Å². The van der Waals surface area contributed by atoms with E-state index >= 15 is 0 Å². The van der Waals surface area contributed by atoms with Crippen LogP contribution in [0.1, 0.15) is 44.5 Å². The fourth-order valence-electron chi connectivity index (χ4n) is 4.51. The van der Waals surface area contributed by atoms with Gasteiger partial charge in [-0.2, -0.15) is 10.5 Å². The van der Waals surface area contributed by atoms with Gasteiger partial charge in [0, 0.05) is 21.9 Å². The highest BCUT2D eigenvalue weighted by atomic mass is 35.5. The maximum Gasteiger partial charge on any atom is 0.323 e. The first-order valence-electron chi connectivity index (χ1n) is 15.9. The van der Waals surface area contributed by atoms with Gasteiger partial charge in [0.25, 0.3) is 0 Å². The highest BCUT2D eigenvalue weighted by Crippen LogP contribution is 2.37. The summed E-state index contributed by atoms with van der Waals surface area (Å²) in [6, 6.07) is 16.1. The number of anilines is 1. The minimum Gasteiger partial charge on any atom is -0.490 e. The summed E-state index contributed by atoms with van der Waals surface area (Å²) < 4.78 is 22.4. The van der Waals surface area contributed by atoms with Crippen LogP contribution in [0.25, 0.3) is 22.6 Å². The van der Waals surface area contributed by atoms with Crippen molar-refractivity contribution in [2.45, 2.75) is 56.7 Å². The van der Waals surface area contributed by atoms with E-state index in [1.165, 1.54) is 18.0 Å². The van der Waals surface area contributed by atoms with Crippen LogP contribution in [0.5, 0.6) is 5.75 Å². The summed E-state index contributed by atoms with van der Waals surface area (Å²) in [4.78, 5) is 33.9. The van der Waals surface area contributed by atoms with Crippen molar-refractivity contribution in [1.82, 2.24) is 9.97 Å². The van der Waals surface area contributed by atoms with E-state index in [1.54, 1.807) is 76.2 Å². The Morgan fingerprint density at radius 1 is 0.868 bits per heavy atom. The van der Waals surface area contributed by atoms with E-state index in [9.17, 15) is 20.1 Å². The van der Waals surface area contributed by atoms with Crippen molar-refractivity contribution in [2.24, 2.45) is 23.3 Å². The Morgan fingerprint density at radius 2 is 1.45 bits per heavy atom. The number of thioether (sulfide) groups is 1. The van der Waals surface area contributed by atoms with Crippen molar-refractivity contribution < 1.29 is 28.2 Å². The first kappa shape index (κ1) is 44.6. The summed E-state index contributed by atoms with van der Waals surface area (Å²) >= 11 is 7.21. The van der Waals surface area contributed by atoms with Gasteiger partial charge >= 0.3 is 11.9 Å². The molecule has 6 N–H and O–H groups in total. The van der Waals surface area contributed by atoms with E-state index in [0.717, 1.165) is 5.56 Å².